The van der Waals surface area contributed by atoms with Crippen molar-refractivity contribution < 1.29 is 13.2 Å². The fourth-order valence-electron chi connectivity index (χ4n) is 1.59. The summed E-state index contributed by atoms with van der Waals surface area (Å²) < 4.78 is 40.3. The van der Waals surface area contributed by atoms with Gasteiger partial charge in [0.2, 0.25) is 0 Å². The quantitative estimate of drug-likeness (QED) is 0.573. The number of rotatable bonds is 3. The Morgan fingerprint density at radius 1 is 1.05 bits per heavy atom. The van der Waals surface area contributed by atoms with Gasteiger partial charge < -0.3 is 5.32 Å². The molecular weight excluding hydrogens is 481 g/mol. The van der Waals surface area contributed by atoms with Crippen molar-refractivity contribution in [2.45, 2.75) is 12.7 Å². The number of anilines is 1. The summed E-state index contributed by atoms with van der Waals surface area (Å²) >= 11 is 9.88. The Kier molecular flexibility index (Phi) is 5.32. The molecule has 0 aliphatic rings. The molecule has 21 heavy (non-hydrogen) atoms. The predicted octanol–water partition coefficient (Wildman–Crippen LogP) is 6.00. The zero-order valence-electron chi connectivity index (χ0n) is 10.3. The molecule has 112 valence electrons. The van der Waals surface area contributed by atoms with Crippen LogP contribution in [0.4, 0.5) is 18.9 Å². The monoisotopic (exact) mass is 486 g/mol. The second-order valence-electron chi connectivity index (χ2n) is 4.13. The summed E-state index contributed by atoms with van der Waals surface area (Å²) in [6.45, 7) is 0.299. The number of hydrogen-bond acceptors (Lipinski definition) is 2. The van der Waals surface area contributed by atoms with Crippen LogP contribution in [0.2, 0.25) is 0 Å². The standard InChI is InChI=1S/C13H8Br3F3N2/c14-8-4-10(16)12(20-5-8)6-21-11-3-7(13(17,18)19)1-2-9(11)15/h1-5,21H,6H2. The summed E-state index contributed by atoms with van der Waals surface area (Å²) in [5.41, 5.74) is 0.361. The maximum Gasteiger partial charge on any atom is 0.416 e. The third kappa shape index (κ3) is 4.43. The second kappa shape index (κ2) is 6.66. The summed E-state index contributed by atoms with van der Waals surface area (Å²) in [7, 11) is 0. The lowest BCUT2D eigenvalue weighted by Crippen LogP contribution is -2.08. The number of pyridine rings is 1. The topological polar surface area (TPSA) is 24.9 Å². The Hall–Kier alpha value is -0.600. The van der Waals surface area contributed by atoms with Crippen molar-refractivity contribution in [2.75, 3.05) is 5.32 Å². The van der Waals surface area contributed by atoms with Crippen LogP contribution < -0.4 is 5.32 Å². The van der Waals surface area contributed by atoms with Gasteiger partial charge in [0.25, 0.3) is 0 Å². The van der Waals surface area contributed by atoms with Crippen LogP contribution >= 0.6 is 47.8 Å². The Bertz CT molecular complexity index is 660. The molecule has 1 aromatic carbocycles. The van der Waals surface area contributed by atoms with Crippen molar-refractivity contribution in [3.8, 4) is 0 Å². The normalized spacial score (nSPS) is 11.5. The van der Waals surface area contributed by atoms with Crippen LogP contribution in [-0.2, 0) is 12.7 Å². The number of hydrogen-bond donors (Lipinski definition) is 1. The molecule has 0 amide bonds. The van der Waals surface area contributed by atoms with Crippen LogP contribution in [0.5, 0.6) is 0 Å². The molecule has 0 unspecified atom stereocenters. The van der Waals surface area contributed by atoms with E-state index >= 15 is 0 Å². The van der Waals surface area contributed by atoms with Crippen molar-refractivity contribution >= 4 is 53.5 Å². The number of nitrogens with zero attached hydrogens (tertiary/aromatic N) is 1. The zero-order valence-corrected chi connectivity index (χ0v) is 15.1. The van der Waals surface area contributed by atoms with Crippen molar-refractivity contribution in [2.24, 2.45) is 0 Å². The number of aromatic nitrogens is 1. The molecule has 2 aromatic rings. The fraction of sp³-hybridized carbons (Fsp3) is 0.154. The second-order valence-corrected chi connectivity index (χ2v) is 6.75. The Morgan fingerprint density at radius 3 is 2.38 bits per heavy atom. The van der Waals surface area contributed by atoms with Gasteiger partial charge in [-0.2, -0.15) is 13.2 Å². The molecule has 0 aliphatic carbocycles. The molecule has 1 N–H and O–H groups in total. The van der Waals surface area contributed by atoms with Crippen LogP contribution in [0.15, 0.2) is 43.9 Å². The highest BCUT2D eigenvalue weighted by Gasteiger charge is 2.30. The van der Waals surface area contributed by atoms with Gasteiger partial charge >= 0.3 is 6.18 Å². The van der Waals surface area contributed by atoms with E-state index in [-0.39, 0.29) is 0 Å². The lowest BCUT2D eigenvalue weighted by atomic mass is 10.2. The van der Waals surface area contributed by atoms with Crippen molar-refractivity contribution in [3.05, 3.63) is 55.1 Å². The highest BCUT2D eigenvalue weighted by atomic mass is 79.9. The predicted molar refractivity (Wildman–Crippen MR) is 86.1 cm³/mol. The summed E-state index contributed by atoms with van der Waals surface area (Å²) in [6.07, 6.45) is -2.74. The van der Waals surface area contributed by atoms with Crippen molar-refractivity contribution in [1.29, 1.82) is 0 Å². The Morgan fingerprint density at radius 2 is 1.76 bits per heavy atom. The first-order valence-corrected chi connectivity index (χ1v) is 8.06. The van der Waals surface area contributed by atoms with Gasteiger partial charge in [-0.05, 0) is 72.1 Å². The lowest BCUT2D eigenvalue weighted by molar-refractivity contribution is -0.137. The summed E-state index contributed by atoms with van der Waals surface area (Å²) in [6, 6.07) is 5.29. The van der Waals surface area contributed by atoms with E-state index in [2.05, 4.69) is 58.1 Å². The number of alkyl halides is 3. The van der Waals surface area contributed by atoms with Gasteiger partial charge in [0.1, 0.15) is 0 Å². The molecule has 0 bridgehead atoms. The highest BCUT2D eigenvalue weighted by Crippen LogP contribution is 2.34. The summed E-state index contributed by atoms with van der Waals surface area (Å²) in [4.78, 5) is 4.20. The van der Waals surface area contributed by atoms with Gasteiger partial charge in [-0.15, -0.1) is 0 Å². The summed E-state index contributed by atoms with van der Waals surface area (Å²) in [5, 5.41) is 2.95. The fourth-order valence-corrected chi connectivity index (χ4v) is 3.10. The van der Waals surface area contributed by atoms with Crippen LogP contribution in [0, 0.1) is 0 Å². The van der Waals surface area contributed by atoms with Crippen LogP contribution in [0.3, 0.4) is 0 Å². The maximum atomic E-state index is 12.7. The average Bonchev–Trinajstić information content (AvgIpc) is 2.38. The first-order valence-electron chi connectivity index (χ1n) is 5.68. The Balaban J connectivity index is 2.19. The zero-order chi connectivity index (χ0) is 15.6. The highest BCUT2D eigenvalue weighted by molar-refractivity contribution is 9.11. The minimum atomic E-state index is -4.37. The lowest BCUT2D eigenvalue weighted by Gasteiger charge is -2.13. The molecule has 0 saturated carbocycles. The molecule has 1 heterocycles. The number of halogens is 6. The van der Waals surface area contributed by atoms with Gasteiger partial charge in [0.15, 0.2) is 0 Å². The Labute approximate surface area is 144 Å². The minimum Gasteiger partial charge on any atom is -0.378 e. The molecule has 0 spiro atoms. The van der Waals surface area contributed by atoms with E-state index in [0.29, 0.717) is 22.4 Å². The molecular formula is C13H8Br3F3N2. The molecule has 0 saturated heterocycles. The molecule has 2 nitrogen and oxygen atoms in total. The van der Waals surface area contributed by atoms with Gasteiger partial charge in [-0.25, -0.2) is 0 Å². The van der Waals surface area contributed by atoms with Gasteiger partial charge in [-0.3, -0.25) is 4.98 Å². The molecule has 0 aliphatic heterocycles. The molecule has 0 radical (unpaired) electrons. The first kappa shape index (κ1) is 16.8. The minimum absolute atomic E-state index is 0.299. The average molecular weight is 489 g/mol. The van der Waals surface area contributed by atoms with Crippen LogP contribution in [0.25, 0.3) is 0 Å². The van der Waals surface area contributed by atoms with E-state index in [4.69, 9.17) is 0 Å². The molecule has 0 atom stereocenters. The van der Waals surface area contributed by atoms with Gasteiger partial charge in [-0.1, -0.05) is 0 Å². The first-order chi connectivity index (χ1) is 9.77. The SMILES string of the molecule is FC(F)(F)c1ccc(Br)c(NCc2ncc(Br)cc2Br)c1. The third-order valence-electron chi connectivity index (χ3n) is 2.62. The maximum absolute atomic E-state index is 12.7. The van der Waals surface area contributed by atoms with E-state index in [0.717, 1.165) is 21.1 Å². The largest absolute Gasteiger partial charge is 0.416 e. The number of nitrogens with one attached hydrogen (secondary N) is 1. The van der Waals surface area contributed by atoms with E-state index in [9.17, 15) is 13.2 Å². The molecule has 0 fully saturated rings. The van der Waals surface area contributed by atoms with Crippen LogP contribution in [-0.4, -0.2) is 4.98 Å². The van der Waals surface area contributed by atoms with Crippen LogP contribution in [0.1, 0.15) is 11.3 Å². The van der Waals surface area contributed by atoms with E-state index in [1.807, 2.05) is 6.07 Å². The third-order valence-corrected chi connectivity index (χ3v) is 4.44. The van der Waals surface area contributed by atoms with Crippen molar-refractivity contribution in [3.63, 3.8) is 0 Å². The van der Waals surface area contributed by atoms with E-state index < -0.39 is 11.7 Å². The van der Waals surface area contributed by atoms with Gasteiger partial charge in [0.05, 0.1) is 17.8 Å². The van der Waals surface area contributed by atoms with E-state index in [1.165, 1.54) is 6.07 Å². The van der Waals surface area contributed by atoms with E-state index in [1.54, 1.807) is 6.20 Å². The van der Waals surface area contributed by atoms with Gasteiger partial charge in [0, 0.05) is 25.3 Å². The molecule has 1 aromatic heterocycles. The van der Waals surface area contributed by atoms with Crippen molar-refractivity contribution in [1.82, 2.24) is 4.98 Å². The molecule has 2 rings (SSSR count). The number of benzene rings is 1. The smallest absolute Gasteiger partial charge is 0.378 e. The summed E-state index contributed by atoms with van der Waals surface area (Å²) in [5.74, 6) is 0. The molecule has 8 heteroatoms.